The monoisotopic (exact) mass is 320 g/mol. The number of hydrogen-bond donors (Lipinski definition) is 0. The van der Waals surface area contributed by atoms with Gasteiger partial charge in [-0.15, -0.1) is 0 Å². The minimum absolute atomic E-state index is 0.184. The average Bonchev–Trinajstić information content (AvgIpc) is 2.43. The molecule has 1 aromatic rings. The van der Waals surface area contributed by atoms with Crippen LogP contribution in [0.2, 0.25) is 0 Å². The third-order valence-electron chi connectivity index (χ3n) is 4.11. The summed E-state index contributed by atoms with van der Waals surface area (Å²) in [4.78, 5) is 0. The van der Waals surface area contributed by atoms with Gasteiger partial charge in [0.25, 0.3) is 0 Å². The zero-order valence-electron chi connectivity index (χ0n) is 12.0. The van der Waals surface area contributed by atoms with E-state index in [0.29, 0.717) is 0 Å². The first-order valence-electron chi connectivity index (χ1n) is 7.71. The molecule has 0 radical (unpaired) electrons. The summed E-state index contributed by atoms with van der Waals surface area (Å²) in [6.45, 7) is 2.28. The van der Waals surface area contributed by atoms with Crippen LogP contribution in [0, 0.1) is 0 Å². The van der Waals surface area contributed by atoms with E-state index in [-0.39, 0.29) is 4.32 Å². The molecule has 1 atom stereocenters. The van der Waals surface area contributed by atoms with Crippen LogP contribution in [0.5, 0.6) is 0 Å². The molecule has 19 heavy (non-hydrogen) atoms. The van der Waals surface area contributed by atoms with Crippen LogP contribution in [0.4, 0.5) is 0 Å². The maximum Gasteiger partial charge on any atom is 0.0546 e. The van der Waals surface area contributed by atoms with Crippen LogP contribution < -0.4 is 0 Å². The van der Waals surface area contributed by atoms with Crippen LogP contribution >= 0.6 is 15.9 Å². The summed E-state index contributed by atoms with van der Waals surface area (Å²) in [5, 5.41) is 0. The molecule has 0 saturated carbocycles. The molecular weight excluding hydrogens is 296 g/mol. The van der Waals surface area contributed by atoms with Gasteiger partial charge in [0.1, 0.15) is 0 Å². The Labute approximate surface area is 126 Å². The molecule has 0 aliphatic heterocycles. The number of benzene rings is 1. The molecular formula is C18H25Br. The molecule has 0 saturated heterocycles. The first kappa shape index (κ1) is 14.8. The molecule has 1 unspecified atom stereocenters. The molecule has 1 heteroatoms. The summed E-state index contributed by atoms with van der Waals surface area (Å²) in [5.74, 6) is 0. The number of halogens is 1. The van der Waals surface area contributed by atoms with Crippen molar-refractivity contribution in [1.29, 1.82) is 0 Å². The second kappa shape index (κ2) is 7.28. The standard InChI is InChI=1S/C18H25Br/c1-2-3-4-5-6-9-14-18(19)15-10-12-16-11-7-8-13-17(16)18/h7-8,10-13H,2-6,9,14-15H2,1H3. The Morgan fingerprint density at radius 2 is 1.79 bits per heavy atom. The molecule has 0 fully saturated rings. The number of fused-ring (bicyclic) bond motifs is 1. The van der Waals surface area contributed by atoms with Gasteiger partial charge >= 0.3 is 0 Å². The third-order valence-corrected chi connectivity index (χ3v) is 5.26. The van der Waals surface area contributed by atoms with Crippen LogP contribution in [0.15, 0.2) is 30.3 Å². The summed E-state index contributed by atoms with van der Waals surface area (Å²) >= 11 is 4.03. The van der Waals surface area contributed by atoms with E-state index in [1.54, 1.807) is 0 Å². The molecule has 1 aliphatic rings. The van der Waals surface area contributed by atoms with E-state index in [2.05, 4.69) is 59.3 Å². The van der Waals surface area contributed by atoms with Gasteiger partial charge in [-0.1, -0.05) is 97.8 Å². The van der Waals surface area contributed by atoms with Crippen molar-refractivity contribution in [1.82, 2.24) is 0 Å². The SMILES string of the molecule is CCCCCCCCC1(Br)CC=Cc2ccccc21. The fraction of sp³-hybridized carbons (Fsp3) is 0.556. The lowest BCUT2D eigenvalue weighted by Crippen LogP contribution is -2.20. The van der Waals surface area contributed by atoms with Crippen molar-refractivity contribution in [2.45, 2.75) is 62.6 Å². The lowest BCUT2D eigenvalue weighted by atomic mass is 9.83. The smallest absolute Gasteiger partial charge is 0.0546 e. The van der Waals surface area contributed by atoms with Gasteiger partial charge in [0.2, 0.25) is 0 Å². The normalized spacial score (nSPS) is 21.4. The lowest BCUT2D eigenvalue weighted by molar-refractivity contribution is 0.514. The summed E-state index contributed by atoms with van der Waals surface area (Å²) in [6, 6.07) is 8.80. The number of hydrogen-bond acceptors (Lipinski definition) is 0. The average molecular weight is 321 g/mol. The Balaban J connectivity index is 1.87. The molecule has 104 valence electrons. The van der Waals surface area contributed by atoms with Gasteiger partial charge in [-0.25, -0.2) is 0 Å². The summed E-state index contributed by atoms with van der Waals surface area (Å²) in [5.41, 5.74) is 2.86. The highest BCUT2D eigenvalue weighted by molar-refractivity contribution is 9.09. The molecule has 0 amide bonds. The van der Waals surface area contributed by atoms with Gasteiger partial charge in [0, 0.05) is 0 Å². The second-order valence-corrected chi connectivity index (χ2v) is 7.19. The van der Waals surface area contributed by atoms with Crippen molar-refractivity contribution >= 4 is 22.0 Å². The van der Waals surface area contributed by atoms with Gasteiger partial charge in [0.15, 0.2) is 0 Å². The quantitative estimate of drug-likeness (QED) is 0.400. The molecule has 2 rings (SSSR count). The largest absolute Gasteiger partial charge is 0.0822 e. The number of alkyl halides is 1. The summed E-state index contributed by atoms with van der Waals surface area (Å²) in [6.07, 6.45) is 15.2. The first-order chi connectivity index (χ1) is 9.26. The fourth-order valence-corrected chi connectivity index (χ4v) is 3.78. The molecule has 0 bridgehead atoms. The summed E-state index contributed by atoms with van der Waals surface area (Å²) < 4.78 is 0.184. The number of unbranched alkanes of at least 4 members (excludes halogenated alkanes) is 5. The molecule has 0 aromatic heterocycles. The topological polar surface area (TPSA) is 0 Å². The number of allylic oxidation sites excluding steroid dienone is 1. The zero-order chi connectivity index (χ0) is 13.6. The van der Waals surface area contributed by atoms with Gasteiger partial charge < -0.3 is 0 Å². The van der Waals surface area contributed by atoms with Crippen LogP contribution in [0.25, 0.3) is 6.08 Å². The first-order valence-corrected chi connectivity index (χ1v) is 8.50. The van der Waals surface area contributed by atoms with Crippen molar-refractivity contribution in [3.8, 4) is 0 Å². The molecule has 1 aromatic carbocycles. The minimum atomic E-state index is 0.184. The highest BCUT2D eigenvalue weighted by atomic mass is 79.9. The predicted molar refractivity (Wildman–Crippen MR) is 88.7 cm³/mol. The van der Waals surface area contributed by atoms with Crippen molar-refractivity contribution in [2.75, 3.05) is 0 Å². The van der Waals surface area contributed by atoms with E-state index in [9.17, 15) is 0 Å². The van der Waals surface area contributed by atoms with E-state index < -0.39 is 0 Å². The van der Waals surface area contributed by atoms with E-state index in [1.807, 2.05) is 0 Å². The maximum atomic E-state index is 4.03. The van der Waals surface area contributed by atoms with Crippen LogP contribution in [0.1, 0.15) is 69.4 Å². The van der Waals surface area contributed by atoms with Crippen molar-refractivity contribution in [3.05, 3.63) is 41.5 Å². The molecule has 0 nitrogen and oxygen atoms in total. The van der Waals surface area contributed by atoms with E-state index in [4.69, 9.17) is 0 Å². The highest BCUT2D eigenvalue weighted by Gasteiger charge is 2.30. The van der Waals surface area contributed by atoms with E-state index in [0.717, 1.165) is 6.42 Å². The van der Waals surface area contributed by atoms with Crippen LogP contribution in [0.3, 0.4) is 0 Å². The third kappa shape index (κ3) is 3.95. The maximum absolute atomic E-state index is 4.03. The van der Waals surface area contributed by atoms with E-state index >= 15 is 0 Å². The highest BCUT2D eigenvalue weighted by Crippen LogP contribution is 2.44. The molecule has 0 spiro atoms. The van der Waals surface area contributed by atoms with Gasteiger partial charge in [-0.05, 0) is 24.0 Å². The van der Waals surface area contributed by atoms with Gasteiger partial charge in [-0.2, -0.15) is 0 Å². The molecule has 0 heterocycles. The lowest BCUT2D eigenvalue weighted by Gasteiger charge is -2.31. The van der Waals surface area contributed by atoms with Crippen molar-refractivity contribution < 1.29 is 0 Å². The summed E-state index contributed by atoms with van der Waals surface area (Å²) in [7, 11) is 0. The van der Waals surface area contributed by atoms with Gasteiger partial charge in [-0.3, -0.25) is 0 Å². The predicted octanol–water partition coefficient (Wildman–Crippen LogP) is 6.44. The second-order valence-electron chi connectivity index (χ2n) is 5.68. The Morgan fingerprint density at radius 3 is 2.63 bits per heavy atom. The Hall–Kier alpha value is -0.560. The van der Waals surface area contributed by atoms with Crippen LogP contribution in [-0.4, -0.2) is 0 Å². The molecule has 0 N–H and O–H groups in total. The minimum Gasteiger partial charge on any atom is -0.0822 e. The number of rotatable bonds is 7. The fourth-order valence-electron chi connectivity index (χ4n) is 2.96. The van der Waals surface area contributed by atoms with E-state index in [1.165, 1.54) is 56.1 Å². The van der Waals surface area contributed by atoms with Crippen LogP contribution in [-0.2, 0) is 4.32 Å². The Bertz CT molecular complexity index is 421. The van der Waals surface area contributed by atoms with Gasteiger partial charge in [0.05, 0.1) is 4.32 Å². The Kier molecular flexibility index (Phi) is 5.69. The van der Waals surface area contributed by atoms with Crippen molar-refractivity contribution in [3.63, 3.8) is 0 Å². The molecule has 1 aliphatic carbocycles. The van der Waals surface area contributed by atoms with Crippen molar-refractivity contribution in [2.24, 2.45) is 0 Å². The Morgan fingerprint density at radius 1 is 1.05 bits per heavy atom. The zero-order valence-corrected chi connectivity index (χ0v) is 13.6.